The molecule has 0 spiro atoms. The molecule has 0 saturated carbocycles. The van der Waals surface area contributed by atoms with E-state index in [1.165, 1.54) is 12.1 Å². The van der Waals surface area contributed by atoms with Crippen LogP contribution >= 0.6 is 0 Å². The third-order valence-corrected chi connectivity index (χ3v) is 6.33. The van der Waals surface area contributed by atoms with Crippen LogP contribution in [0.3, 0.4) is 0 Å². The van der Waals surface area contributed by atoms with Crippen molar-refractivity contribution < 1.29 is 38.4 Å². The number of hydrogen-bond donors (Lipinski definition) is 2. The topological polar surface area (TPSA) is 106 Å². The first kappa shape index (κ1) is 28.5. The Morgan fingerprint density at radius 2 is 1.55 bits per heavy atom. The molecule has 0 radical (unpaired) electrons. The summed E-state index contributed by atoms with van der Waals surface area (Å²) < 4.78 is 30.2. The van der Waals surface area contributed by atoms with E-state index in [2.05, 4.69) is 0 Å². The first-order chi connectivity index (χ1) is 19.4. The number of nitrogens with zero attached hydrogens (tertiary/aromatic N) is 1. The van der Waals surface area contributed by atoms with E-state index in [4.69, 9.17) is 19.3 Å². The predicted octanol–water partition coefficient (Wildman–Crippen LogP) is 5.75. The molecule has 8 nitrogen and oxygen atoms in total. The normalized spacial score (nSPS) is 14.4. The SMILES string of the molecule is O=C(O)CCCN1CC(C(=O)O)Oc2c(/C=C/c3ccc(OCCCCOc4ccc(F)cc4)cc3)cccc21. The summed E-state index contributed by atoms with van der Waals surface area (Å²) in [5.74, 6) is -0.381. The van der Waals surface area contributed by atoms with Crippen molar-refractivity contribution in [1.82, 2.24) is 0 Å². The Morgan fingerprint density at radius 1 is 0.900 bits per heavy atom. The van der Waals surface area contributed by atoms with Crippen LogP contribution in [0.1, 0.15) is 36.8 Å². The number of anilines is 1. The smallest absolute Gasteiger partial charge is 0.346 e. The lowest BCUT2D eigenvalue weighted by molar-refractivity contribution is -0.145. The van der Waals surface area contributed by atoms with Gasteiger partial charge in [-0.2, -0.15) is 0 Å². The van der Waals surface area contributed by atoms with Gasteiger partial charge in [-0.05, 0) is 67.3 Å². The van der Waals surface area contributed by atoms with Crippen molar-refractivity contribution in [2.45, 2.75) is 31.8 Å². The summed E-state index contributed by atoms with van der Waals surface area (Å²) in [6.45, 7) is 1.64. The first-order valence-electron chi connectivity index (χ1n) is 13.2. The van der Waals surface area contributed by atoms with Crippen LogP contribution in [0, 0.1) is 5.82 Å². The number of benzene rings is 3. The molecular weight excluding hydrogens is 517 g/mol. The van der Waals surface area contributed by atoms with Gasteiger partial charge in [0, 0.05) is 18.5 Å². The van der Waals surface area contributed by atoms with E-state index in [9.17, 15) is 19.1 Å². The molecule has 1 atom stereocenters. The number of carbonyl (C=O) groups is 2. The van der Waals surface area contributed by atoms with Gasteiger partial charge in [0.1, 0.15) is 17.3 Å². The molecule has 0 aliphatic carbocycles. The van der Waals surface area contributed by atoms with Crippen molar-refractivity contribution in [1.29, 1.82) is 0 Å². The predicted molar refractivity (Wildman–Crippen MR) is 150 cm³/mol. The van der Waals surface area contributed by atoms with E-state index in [1.807, 2.05) is 59.5 Å². The highest BCUT2D eigenvalue weighted by Crippen LogP contribution is 2.38. The Labute approximate surface area is 232 Å². The summed E-state index contributed by atoms with van der Waals surface area (Å²) in [5.41, 5.74) is 2.41. The molecule has 3 aromatic carbocycles. The van der Waals surface area contributed by atoms with Crippen LogP contribution in [0.2, 0.25) is 0 Å². The number of rotatable bonds is 14. The van der Waals surface area contributed by atoms with E-state index in [1.54, 1.807) is 12.1 Å². The maximum absolute atomic E-state index is 12.9. The molecule has 2 N–H and O–H groups in total. The third-order valence-electron chi connectivity index (χ3n) is 6.33. The van der Waals surface area contributed by atoms with Crippen LogP contribution in [0.4, 0.5) is 10.1 Å². The van der Waals surface area contributed by atoms with Crippen molar-refractivity contribution in [3.8, 4) is 17.2 Å². The van der Waals surface area contributed by atoms with Crippen LogP contribution < -0.4 is 19.1 Å². The molecule has 9 heteroatoms. The summed E-state index contributed by atoms with van der Waals surface area (Å²) in [6, 6.07) is 19.2. The lowest BCUT2D eigenvalue weighted by Gasteiger charge is -2.35. The number of halogens is 1. The maximum Gasteiger partial charge on any atom is 0.346 e. The monoisotopic (exact) mass is 549 g/mol. The Balaban J connectivity index is 1.30. The van der Waals surface area contributed by atoms with E-state index in [0.717, 1.165) is 35.4 Å². The van der Waals surface area contributed by atoms with Crippen molar-refractivity contribution in [2.24, 2.45) is 0 Å². The standard InChI is InChI=1S/C31H32FNO7/c32-24-12-16-26(17-13-24)39-20-2-1-19-38-25-14-9-22(10-15-25)8-11-23-5-3-6-27-30(23)40-28(31(36)37)21-33(27)18-4-7-29(34)35/h3,5-6,8-17,28H,1-2,4,7,18-21H2,(H,34,35)(H,36,37)/b11-8+. The molecule has 1 unspecified atom stereocenters. The van der Waals surface area contributed by atoms with E-state index >= 15 is 0 Å². The Bertz CT molecular complexity index is 1310. The number of carboxylic acids is 2. The fourth-order valence-corrected chi connectivity index (χ4v) is 4.27. The highest BCUT2D eigenvalue weighted by Gasteiger charge is 2.31. The lowest BCUT2D eigenvalue weighted by Crippen LogP contribution is -2.45. The molecule has 1 aliphatic heterocycles. The molecule has 1 heterocycles. The van der Waals surface area contributed by atoms with Crippen molar-refractivity contribution in [2.75, 3.05) is 31.2 Å². The average Bonchev–Trinajstić information content (AvgIpc) is 2.95. The number of hydrogen-bond acceptors (Lipinski definition) is 6. The summed E-state index contributed by atoms with van der Waals surface area (Å²) >= 11 is 0. The molecule has 1 aliphatic rings. The summed E-state index contributed by atoms with van der Waals surface area (Å²) in [4.78, 5) is 24.5. The quantitative estimate of drug-likeness (QED) is 0.193. The number of unbranched alkanes of at least 4 members (excludes halogenated alkanes) is 1. The second-order valence-corrected chi connectivity index (χ2v) is 9.34. The maximum atomic E-state index is 12.9. The zero-order chi connectivity index (χ0) is 28.3. The molecule has 0 bridgehead atoms. The Morgan fingerprint density at radius 3 is 2.17 bits per heavy atom. The number of fused-ring (bicyclic) bond motifs is 1. The van der Waals surface area contributed by atoms with Crippen LogP contribution in [-0.2, 0) is 9.59 Å². The van der Waals surface area contributed by atoms with Gasteiger partial charge in [-0.1, -0.05) is 36.4 Å². The van der Waals surface area contributed by atoms with Crippen molar-refractivity contribution in [3.63, 3.8) is 0 Å². The zero-order valence-corrected chi connectivity index (χ0v) is 22.0. The molecule has 0 aromatic heterocycles. The second-order valence-electron chi connectivity index (χ2n) is 9.34. The summed E-state index contributed by atoms with van der Waals surface area (Å²) in [7, 11) is 0. The summed E-state index contributed by atoms with van der Waals surface area (Å²) in [6.07, 6.45) is 4.77. The van der Waals surface area contributed by atoms with Gasteiger partial charge in [0.25, 0.3) is 0 Å². The number of ether oxygens (including phenoxy) is 3. The molecule has 0 fully saturated rings. The molecule has 0 saturated heterocycles. The highest BCUT2D eigenvalue weighted by molar-refractivity contribution is 5.81. The van der Waals surface area contributed by atoms with E-state index in [-0.39, 0.29) is 18.8 Å². The van der Waals surface area contributed by atoms with Gasteiger partial charge in [-0.3, -0.25) is 4.79 Å². The van der Waals surface area contributed by atoms with E-state index < -0.39 is 18.0 Å². The van der Waals surface area contributed by atoms with Gasteiger partial charge in [-0.25, -0.2) is 9.18 Å². The minimum atomic E-state index is -1.07. The molecule has 210 valence electrons. The van der Waals surface area contributed by atoms with Crippen molar-refractivity contribution in [3.05, 3.63) is 83.7 Å². The zero-order valence-electron chi connectivity index (χ0n) is 22.0. The molecular formula is C31H32FNO7. The third kappa shape index (κ3) is 8.23. The van der Waals surface area contributed by atoms with Gasteiger partial charge in [0.15, 0.2) is 5.75 Å². The largest absolute Gasteiger partial charge is 0.494 e. The van der Waals surface area contributed by atoms with Crippen LogP contribution in [0.25, 0.3) is 12.2 Å². The van der Waals surface area contributed by atoms with Crippen LogP contribution in [0.15, 0.2) is 66.7 Å². The minimum Gasteiger partial charge on any atom is -0.494 e. The average molecular weight is 550 g/mol. The van der Waals surface area contributed by atoms with Gasteiger partial charge < -0.3 is 29.3 Å². The highest BCUT2D eigenvalue weighted by atomic mass is 19.1. The fourth-order valence-electron chi connectivity index (χ4n) is 4.27. The number of aliphatic carboxylic acids is 2. The molecule has 0 amide bonds. The number of carboxylic acid groups (broad SMARTS) is 2. The van der Waals surface area contributed by atoms with Gasteiger partial charge >= 0.3 is 11.9 Å². The van der Waals surface area contributed by atoms with Crippen LogP contribution in [-0.4, -0.2) is 54.6 Å². The molecule has 40 heavy (non-hydrogen) atoms. The Hall–Kier alpha value is -4.53. The van der Waals surface area contributed by atoms with Crippen molar-refractivity contribution >= 4 is 29.8 Å². The molecule has 4 rings (SSSR count). The van der Waals surface area contributed by atoms with Gasteiger partial charge in [-0.15, -0.1) is 0 Å². The Kier molecular flexibility index (Phi) is 9.99. The minimum absolute atomic E-state index is 0.00959. The lowest BCUT2D eigenvalue weighted by atomic mass is 10.1. The fraction of sp³-hybridized carbons (Fsp3) is 0.290. The number of para-hydroxylation sites is 1. The van der Waals surface area contributed by atoms with Crippen LogP contribution in [0.5, 0.6) is 17.2 Å². The van der Waals surface area contributed by atoms with Gasteiger partial charge in [0.05, 0.1) is 25.4 Å². The van der Waals surface area contributed by atoms with E-state index in [0.29, 0.717) is 37.7 Å². The first-order valence-corrected chi connectivity index (χ1v) is 13.2. The molecule has 3 aromatic rings. The second kappa shape index (κ2) is 14.0. The summed E-state index contributed by atoms with van der Waals surface area (Å²) in [5, 5.41) is 18.6. The van der Waals surface area contributed by atoms with Gasteiger partial charge in [0.2, 0.25) is 6.10 Å².